The number of hydrogen-bond acceptors (Lipinski definition) is 2. The van der Waals surface area contributed by atoms with Crippen molar-refractivity contribution in [3.8, 4) is 0 Å². The predicted molar refractivity (Wildman–Crippen MR) is 53.5 cm³/mol. The van der Waals surface area contributed by atoms with E-state index in [0.29, 0.717) is 18.0 Å². The highest BCUT2D eigenvalue weighted by atomic mass is 35.5. The summed E-state index contributed by atoms with van der Waals surface area (Å²) in [5.41, 5.74) is 1.95. The largest absolute Gasteiger partial charge is 0.481 e. The van der Waals surface area contributed by atoms with Crippen LogP contribution in [-0.4, -0.2) is 21.3 Å². The van der Waals surface area contributed by atoms with Crippen molar-refractivity contribution in [2.45, 2.75) is 32.6 Å². The van der Waals surface area contributed by atoms with Gasteiger partial charge in [0.2, 0.25) is 0 Å². The van der Waals surface area contributed by atoms with Crippen LogP contribution in [0.5, 0.6) is 0 Å². The Morgan fingerprint density at radius 2 is 2.36 bits per heavy atom. The van der Waals surface area contributed by atoms with Crippen molar-refractivity contribution in [3.05, 3.63) is 16.4 Å². The molecule has 1 aromatic heterocycles. The summed E-state index contributed by atoms with van der Waals surface area (Å²) in [6.45, 7) is 2.00. The van der Waals surface area contributed by atoms with E-state index in [-0.39, 0.29) is 6.42 Å². The van der Waals surface area contributed by atoms with Crippen molar-refractivity contribution in [3.63, 3.8) is 0 Å². The number of aryl methyl sites for hydroxylation is 1. The van der Waals surface area contributed by atoms with E-state index in [0.717, 1.165) is 17.7 Å². The molecule has 0 aliphatic rings. The van der Waals surface area contributed by atoms with E-state index in [4.69, 9.17) is 16.7 Å². The van der Waals surface area contributed by atoms with Crippen molar-refractivity contribution in [2.24, 2.45) is 0 Å². The van der Waals surface area contributed by atoms with Crippen molar-refractivity contribution in [2.75, 3.05) is 0 Å². The van der Waals surface area contributed by atoms with Crippen LogP contribution in [0, 0.1) is 0 Å². The lowest BCUT2D eigenvalue weighted by Crippen LogP contribution is -1.97. The first-order valence-corrected chi connectivity index (χ1v) is 4.96. The second-order valence-corrected chi connectivity index (χ2v) is 3.43. The number of carboxylic acid groups (broad SMARTS) is 1. The Balaban J connectivity index is 2.56. The number of rotatable bonds is 5. The molecule has 1 rings (SSSR count). The summed E-state index contributed by atoms with van der Waals surface area (Å²) in [4.78, 5) is 10.3. The Bertz CT molecular complexity index is 323. The number of carbonyl (C=O) groups is 1. The molecule has 0 saturated heterocycles. The van der Waals surface area contributed by atoms with E-state index in [9.17, 15) is 4.79 Å². The third kappa shape index (κ3) is 2.73. The first-order valence-electron chi connectivity index (χ1n) is 4.58. The van der Waals surface area contributed by atoms with Gasteiger partial charge in [0.25, 0.3) is 0 Å². The highest BCUT2D eigenvalue weighted by Gasteiger charge is 2.10. The fourth-order valence-corrected chi connectivity index (χ4v) is 1.59. The number of nitrogens with one attached hydrogen (secondary N) is 1. The second kappa shape index (κ2) is 5.00. The zero-order valence-corrected chi connectivity index (χ0v) is 8.76. The van der Waals surface area contributed by atoms with E-state index in [1.165, 1.54) is 0 Å². The van der Waals surface area contributed by atoms with Crippen LogP contribution in [-0.2, 0) is 17.6 Å². The first kappa shape index (κ1) is 11.0. The maximum Gasteiger partial charge on any atom is 0.303 e. The average Bonchev–Trinajstić information content (AvgIpc) is 2.47. The maximum absolute atomic E-state index is 10.3. The Kier molecular flexibility index (Phi) is 3.95. The molecule has 0 unspecified atom stereocenters. The van der Waals surface area contributed by atoms with E-state index < -0.39 is 5.97 Å². The van der Waals surface area contributed by atoms with Crippen LogP contribution in [0.1, 0.15) is 31.0 Å². The molecule has 14 heavy (non-hydrogen) atoms. The van der Waals surface area contributed by atoms with Gasteiger partial charge in [0.05, 0.1) is 0 Å². The molecule has 0 aliphatic heterocycles. The fraction of sp³-hybridized carbons (Fsp3) is 0.556. The molecule has 0 aromatic carbocycles. The molecule has 0 spiro atoms. The fourth-order valence-electron chi connectivity index (χ4n) is 1.34. The number of hydrogen-bond donors (Lipinski definition) is 2. The Morgan fingerprint density at radius 1 is 1.64 bits per heavy atom. The van der Waals surface area contributed by atoms with E-state index in [1.54, 1.807) is 0 Å². The van der Waals surface area contributed by atoms with Gasteiger partial charge in [0, 0.05) is 17.7 Å². The molecule has 0 saturated carbocycles. The van der Waals surface area contributed by atoms with E-state index in [2.05, 4.69) is 10.2 Å². The maximum atomic E-state index is 10.3. The van der Waals surface area contributed by atoms with Gasteiger partial charge in [0.15, 0.2) is 5.15 Å². The summed E-state index contributed by atoms with van der Waals surface area (Å²) in [7, 11) is 0. The monoisotopic (exact) mass is 216 g/mol. The Morgan fingerprint density at radius 3 is 2.93 bits per heavy atom. The third-order valence-electron chi connectivity index (χ3n) is 2.07. The normalized spacial score (nSPS) is 10.4. The minimum absolute atomic E-state index is 0.171. The summed E-state index contributed by atoms with van der Waals surface area (Å²) in [6.07, 6.45) is 2.28. The SMILES string of the molecule is CCc1[nH]nc(Cl)c1CCCC(=O)O. The van der Waals surface area contributed by atoms with Crippen LogP contribution in [0.4, 0.5) is 0 Å². The smallest absolute Gasteiger partial charge is 0.303 e. The summed E-state index contributed by atoms with van der Waals surface area (Å²) >= 11 is 5.85. The van der Waals surface area contributed by atoms with Gasteiger partial charge in [-0.2, -0.15) is 5.10 Å². The molecule has 0 radical (unpaired) electrons. The van der Waals surface area contributed by atoms with Crippen LogP contribution < -0.4 is 0 Å². The zero-order valence-electron chi connectivity index (χ0n) is 8.01. The molecular weight excluding hydrogens is 204 g/mol. The van der Waals surface area contributed by atoms with Crippen LogP contribution in [0.25, 0.3) is 0 Å². The van der Waals surface area contributed by atoms with Gasteiger partial charge in [-0.3, -0.25) is 9.89 Å². The lowest BCUT2D eigenvalue weighted by Gasteiger charge is -1.99. The highest BCUT2D eigenvalue weighted by molar-refractivity contribution is 6.30. The van der Waals surface area contributed by atoms with Gasteiger partial charge in [-0.1, -0.05) is 18.5 Å². The van der Waals surface area contributed by atoms with Gasteiger partial charge in [-0.25, -0.2) is 0 Å². The van der Waals surface area contributed by atoms with Gasteiger partial charge < -0.3 is 5.11 Å². The summed E-state index contributed by atoms with van der Waals surface area (Å²) in [6, 6.07) is 0. The molecule has 0 fully saturated rings. The summed E-state index contributed by atoms with van der Waals surface area (Å²) in [5, 5.41) is 15.7. The standard InChI is InChI=1S/C9H13ClN2O2/c1-2-7-6(9(10)12-11-7)4-3-5-8(13)14/h2-5H2,1H3,(H,11,12)(H,13,14). The molecule has 0 amide bonds. The minimum Gasteiger partial charge on any atom is -0.481 e. The number of aliphatic carboxylic acids is 1. The molecule has 2 N–H and O–H groups in total. The van der Waals surface area contributed by atoms with Crippen LogP contribution in [0.2, 0.25) is 5.15 Å². The quantitative estimate of drug-likeness (QED) is 0.792. The molecular formula is C9H13ClN2O2. The van der Waals surface area contributed by atoms with Crippen molar-refractivity contribution < 1.29 is 9.90 Å². The minimum atomic E-state index is -0.775. The molecule has 1 aromatic rings. The van der Waals surface area contributed by atoms with Crippen molar-refractivity contribution in [1.29, 1.82) is 0 Å². The molecule has 4 nitrogen and oxygen atoms in total. The van der Waals surface area contributed by atoms with Crippen molar-refractivity contribution >= 4 is 17.6 Å². The summed E-state index contributed by atoms with van der Waals surface area (Å²) < 4.78 is 0. The van der Waals surface area contributed by atoms with Crippen LogP contribution in [0.15, 0.2) is 0 Å². The zero-order chi connectivity index (χ0) is 10.6. The number of aromatic nitrogens is 2. The third-order valence-corrected chi connectivity index (χ3v) is 2.39. The number of nitrogens with zero attached hydrogens (tertiary/aromatic N) is 1. The Labute approximate surface area is 87.3 Å². The van der Waals surface area contributed by atoms with Crippen LogP contribution >= 0.6 is 11.6 Å². The van der Waals surface area contributed by atoms with Gasteiger partial charge in [-0.05, 0) is 19.3 Å². The van der Waals surface area contributed by atoms with Gasteiger partial charge >= 0.3 is 5.97 Å². The molecule has 5 heteroatoms. The molecule has 1 heterocycles. The van der Waals surface area contributed by atoms with Gasteiger partial charge in [0.1, 0.15) is 0 Å². The predicted octanol–water partition coefficient (Wildman–Crippen LogP) is 2.03. The topological polar surface area (TPSA) is 66.0 Å². The summed E-state index contributed by atoms with van der Waals surface area (Å²) in [5.74, 6) is -0.775. The lowest BCUT2D eigenvalue weighted by atomic mass is 10.1. The molecule has 0 bridgehead atoms. The van der Waals surface area contributed by atoms with E-state index in [1.807, 2.05) is 6.92 Å². The molecule has 0 atom stereocenters. The van der Waals surface area contributed by atoms with Crippen molar-refractivity contribution in [1.82, 2.24) is 10.2 Å². The number of carboxylic acids is 1. The number of halogens is 1. The molecule has 0 aliphatic carbocycles. The Hall–Kier alpha value is -1.03. The number of H-pyrrole nitrogens is 1. The molecule has 78 valence electrons. The van der Waals surface area contributed by atoms with Crippen LogP contribution in [0.3, 0.4) is 0 Å². The lowest BCUT2D eigenvalue weighted by molar-refractivity contribution is -0.137. The van der Waals surface area contributed by atoms with E-state index >= 15 is 0 Å². The average molecular weight is 217 g/mol. The van der Waals surface area contributed by atoms with Gasteiger partial charge in [-0.15, -0.1) is 0 Å². The highest BCUT2D eigenvalue weighted by Crippen LogP contribution is 2.19. The second-order valence-electron chi connectivity index (χ2n) is 3.07. The first-order chi connectivity index (χ1) is 6.65. The number of aromatic amines is 1.